The Morgan fingerprint density at radius 1 is 1.40 bits per heavy atom. The third-order valence-corrected chi connectivity index (χ3v) is 1.87. The van der Waals surface area contributed by atoms with Gasteiger partial charge in [-0.3, -0.25) is 9.78 Å². The molecule has 0 amide bonds. The number of hydrogen-bond donors (Lipinski definition) is 0. The first-order valence-electron chi connectivity index (χ1n) is 4.42. The highest BCUT2D eigenvalue weighted by Crippen LogP contribution is 2.01. The molecular weight excluding hydrogens is 194 g/mol. The summed E-state index contributed by atoms with van der Waals surface area (Å²) >= 11 is 0. The Morgan fingerprint density at radius 2 is 2.13 bits per heavy atom. The Kier molecular flexibility index (Phi) is 2.49. The van der Waals surface area contributed by atoms with Crippen LogP contribution in [-0.4, -0.2) is 31.0 Å². The fourth-order valence-corrected chi connectivity index (χ4v) is 1.18. The van der Waals surface area contributed by atoms with Crippen LogP contribution in [-0.2, 0) is 13.5 Å². The lowest BCUT2D eigenvalue weighted by atomic mass is 10.1. The summed E-state index contributed by atoms with van der Waals surface area (Å²) in [7, 11) is 1.66. The lowest BCUT2D eigenvalue weighted by Crippen LogP contribution is -2.05. The molecule has 0 aliphatic carbocycles. The van der Waals surface area contributed by atoms with Gasteiger partial charge in [0, 0.05) is 18.0 Å². The molecule has 2 aromatic heterocycles. The van der Waals surface area contributed by atoms with E-state index in [-0.39, 0.29) is 12.2 Å². The van der Waals surface area contributed by atoms with E-state index in [2.05, 4.69) is 20.4 Å². The van der Waals surface area contributed by atoms with Crippen LogP contribution in [0.4, 0.5) is 0 Å². The molecule has 0 atom stereocenters. The second-order valence-corrected chi connectivity index (χ2v) is 3.03. The molecule has 0 saturated carbocycles. The van der Waals surface area contributed by atoms with Gasteiger partial charge in [0.15, 0.2) is 11.6 Å². The predicted octanol–water partition coefficient (Wildman–Crippen LogP) is 0.0305. The summed E-state index contributed by atoms with van der Waals surface area (Å²) in [5.74, 6) is 0.393. The maximum absolute atomic E-state index is 11.7. The standard InChI is InChI=1S/C9H9N5O/c1-14-12-9(11-13-14)6-8(15)7-2-4-10-5-3-7/h2-5H,6H2,1H3. The summed E-state index contributed by atoms with van der Waals surface area (Å²) in [6, 6.07) is 3.33. The van der Waals surface area contributed by atoms with E-state index in [1.165, 1.54) is 4.80 Å². The van der Waals surface area contributed by atoms with Gasteiger partial charge in [0.05, 0.1) is 13.5 Å². The third-order valence-electron chi connectivity index (χ3n) is 1.87. The van der Waals surface area contributed by atoms with Gasteiger partial charge in [0.1, 0.15) is 0 Å². The number of hydrogen-bond acceptors (Lipinski definition) is 5. The van der Waals surface area contributed by atoms with Crippen molar-refractivity contribution in [2.24, 2.45) is 7.05 Å². The summed E-state index contributed by atoms with van der Waals surface area (Å²) in [6.45, 7) is 0. The molecule has 2 heterocycles. The molecule has 0 radical (unpaired) electrons. The normalized spacial score (nSPS) is 10.2. The molecule has 6 heteroatoms. The molecule has 0 spiro atoms. The lowest BCUT2D eigenvalue weighted by molar-refractivity contribution is 0.0990. The van der Waals surface area contributed by atoms with E-state index in [4.69, 9.17) is 0 Å². The molecule has 0 N–H and O–H groups in total. The Bertz CT molecular complexity index is 464. The fraction of sp³-hybridized carbons (Fsp3) is 0.222. The molecule has 0 unspecified atom stereocenters. The minimum Gasteiger partial charge on any atom is -0.294 e. The zero-order valence-electron chi connectivity index (χ0n) is 8.16. The van der Waals surface area contributed by atoms with Crippen LogP contribution in [0.15, 0.2) is 24.5 Å². The van der Waals surface area contributed by atoms with Crippen LogP contribution in [0, 0.1) is 0 Å². The van der Waals surface area contributed by atoms with Gasteiger partial charge in [-0.25, -0.2) is 0 Å². The number of pyridine rings is 1. The molecule has 2 rings (SSSR count). The summed E-state index contributed by atoms with van der Waals surface area (Å²) < 4.78 is 0. The molecule has 0 aromatic carbocycles. The largest absolute Gasteiger partial charge is 0.294 e. The molecule has 6 nitrogen and oxygen atoms in total. The fourth-order valence-electron chi connectivity index (χ4n) is 1.18. The monoisotopic (exact) mass is 203 g/mol. The first-order valence-corrected chi connectivity index (χ1v) is 4.42. The molecule has 0 saturated heterocycles. The van der Waals surface area contributed by atoms with Crippen molar-refractivity contribution in [2.75, 3.05) is 0 Å². The quantitative estimate of drug-likeness (QED) is 0.658. The SMILES string of the molecule is Cn1nnc(CC(=O)c2ccncc2)n1. The van der Waals surface area contributed by atoms with E-state index in [0.29, 0.717) is 11.4 Å². The van der Waals surface area contributed by atoms with E-state index in [9.17, 15) is 4.79 Å². The zero-order valence-corrected chi connectivity index (χ0v) is 8.16. The van der Waals surface area contributed by atoms with E-state index in [0.717, 1.165) is 0 Å². The average Bonchev–Trinajstić information content (AvgIpc) is 2.65. The van der Waals surface area contributed by atoms with Gasteiger partial charge in [-0.15, -0.1) is 10.2 Å². The molecule has 0 aliphatic heterocycles. The van der Waals surface area contributed by atoms with Crippen molar-refractivity contribution in [1.82, 2.24) is 25.2 Å². The first-order chi connectivity index (χ1) is 7.25. The van der Waals surface area contributed by atoms with Gasteiger partial charge in [-0.1, -0.05) is 0 Å². The van der Waals surface area contributed by atoms with Gasteiger partial charge < -0.3 is 0 Å². The van der Waals surface area contributed by atoms with Crippen molar-refractivity contribution in [3.05, 3.63) is 35.9 Å². The van der Waals surface area contributed by atoms with Crippen LogP contribution in [0.2, 0.25) is 0 Å². The van der Waals surface area contributed by atoms with Crippen LogP contribution in [0.1, 0.15) is 16.2 Å². The van der Waals surface area contributed by atoms with Crippen molar-refractivity contribution >= 4 is 5.78 Å². The molecular formula is C9H9N5O. The van der Waals surface area contributed by atoms with Crippen molar-refractivity contribution in [3.63, 3.8) is 0 Å². The topological polar surface area (TPSA) is 73.6 Å². The Hall–Kier alpha value is -2.11. The van der Waals surface area contributed by atoms with Crippen LogP contribution in [0.25, 0.3) is 0 Å². The summed E-state index contributed by atoms with van der Waals surface area (Å²) in [4.78, 5) is 16.8. The van der Waals surface area contributed by atoms with E-state index in [1.807, 2.05) is 0 Å². The average molecular weight is 203 g/mol. The number of nitrogens with zero attached hydrogens (tertiary/aromatic N) is 5. The highest BCUT2D eigenvalue weighted by atomic mass is 16.1. The second kappa shape index (κ2) is 3.95. The smallest absolute Gasteiger partial charge is 0.182 e. The minimum atomic E-state index is -0.0367. The maximum atomic E-state index is 11.7. The predicted molar refractivity (Wildman–Crippen MR) is 51.1 cm³/mol. The van der Waals surface area contributed by atoms with Gasteiger partial charge in [0.2, 0.25) is 0 Å². The first kappa shape index (κ1) is 9.45. The second-order valence-electron chi connectivity index (χ2n) is 3.03. The van der Waals surface area contributed by atoms with Crippen LogP contribution in [0.3, 0.4) is 0 Å². The van der Waals surface area contributed by atoms with Crippen molar-refractivity contribution in [1.29, 1.82) is 0 Å². The number of tetrazole rings is 1. The minimum absolute atomic E-state index is 0.0367. The number of aromatic nitrogens is 5. The van der Waals surface area contributed by atoms with Crippen molar-refractivity contribution in [3.8, 4) is 0 Å². The molecule has 15 heavy (non-hydrogen) atoms. The molecule has 0 fully saturated rings. The van der Waals surface area contributed by atoms with Gasteiger partial charge >= 0.3 is 0 Å². The van der Waals surface area contributed by atoms with Gasteiger partial charge in [0.25, 0.3) is 0 Å². The van der Waals surface area contributed by atoms with Crippen molar-refractivity contribution < 1.29 is 4.79 Å². The summed E-state index contributed by atoms with van der Waals surface area (Å²) in [6.07, 6.45) is 3.33. The highest BCUT2D eigenvalue weighted by Gasteiger charge is 2.10. The number of aryl methyl sites for hydroxylation is 1. The Balaban J connectivity index is 2.11. The van der Waals surface area contributed by atoms with Gasteiger partial charge in [-0.2, -0.15) is 4.80 Å². The number of rotatable bonds is 3. The highest BCUT2D eigenvalue weighted by molar-refractivity contribution is 5.96. The van der Waals surface area contributed by atoms with Crippen LogP contribution >= 0.6 is 0 Å². The molecule has 76 valence electrons. The molecule has 2 aromatic rings. The van der Waals surface area contributed by atoms with E-state index >= 15 is 0 Å². The zero-order chi connectivity index (χ0) is 10.7. The number of Topliss-reactive ketones (excluding diaryl/α,β-unsaturated/α-hetero) is 1. The van der Waals surface area contributed by atoms with E-state index in [1.54, 1.807) is 31.6 Å². The molecule has 0 aliphatic rings. The Morgan fingerprint density at radius 3 is 2.73 bits per heavy atom. The number of carbonyl (C=O) groups excluding carboxylic acids is 1. The molecule has 0 bridgehead atoms. The lowest BCUT2D eigenvalue weighted by Gasteiger charge is -1.95. The third kappa shape index (κ3) is 2.22. The summed E-state index contributed by atoms with van der Waals surface area (Å²) in [5, 5.41) is 11.3. The van der Waals surface area contributed by atoms with Crippen LogP contribution < -0.4 is 0 Å². The maximum Gasteiger partial charge on any atom is 0.182 e. The number of carbonyl (C=O) groups is 1. The summed E-state index contributed by atoms with van der Waals surface area (Å²) in [5.41, 5.74) is 0.609. The van der Waals surface area contributed by atoms with Crippen LogP contribution in [0.5, 0.6) is 0 Å². The number of ketones is 1. The van der Waals surface area contributed by atoms with Gasteiger partial charge in [-0.05, 0) is 17.3 Å². The van der Waals surface area contributed by atoms with Crippen molar-refractivity contribution in [2.45, 2.75) is 6.42 Å². The van der Waals surface area contributed by atoms with E-state index < -0.39 is 0 Å². The Labute approximate surface area is 85.9 Å².